The van der Waals surface area contributed by atoms with Crippen molar-refractivity contribution < 1.29 is 4.74 Å². The normalized spacial score (nSPS) is 13.3. The molecule has 3 nitrogen and oxygen atoms in total. The third-order valence-corrected chi connectivity index (χ3v) is 3.26. The van der Waals surface area contributed by atoms with Gasteiger partial charge in [-0.25, -0.2) is 4.98 Å². The van der Waals surface area contributed by atoms with E-state index >= 15 is 0 Å². The summed E-state index contributed by atoms with van der Waals surface area (Å²) in [6.07, 6.45) is 0. The van der Waals surface area contributed by atoms with Crippen molar-refractivity contribution in [2.45, 2.75) is 3.92 Å². The minimum absolute atomic E-state index is 0.235. The Morgan fingerprint density at radius 2 is 2.40 bits per heavy atom. The van der Waals surface area contributed by atoms with Crippen molar-refractivity contribution in [1.29, 1.82) is 0 Å². The summed E-state index contributed by atoms with van der Waals surface area (Å²) in [5, 5.41) is 0.717. The Hall–Kier alpha value is -0.330. The Kier molecular flexibility index (Phi) is 3.48. The van der Waals surface area contributed by atoms with Gasteiger partial charge in [-0.05, 0) is 18.2 Å². The smallest absolute Gasteiger partial charge is 0.122 e. The summed E-state index contributed by atoms with van der Waals surface area (Å²) in [5.74, 6) is 0.926. The SMILES string of the molecule is COC[C@H](I)c1nc2ccc(Cl)cc2[nH]1. The van der Waals surface area contributed by atoms with Gasteiger partial charge in [0.2, 0.25) is 0 Å². The van der Waals surface area contributed by atoms with Gasteiger partial charge in [-0.15, -0.1) is 0 Å². The van der Waals surface area contributed by atoms with Gasteiger partial charge in [-0.2, -0.15) is 0 Å². The van der Waals surface area contributed by atoms with E-state index in [1.807, 2.05) is 18.2 Å². The first kappa shape index (κ1) is 11.2. The fourth-order valence-corrected chi connectivity index (χ4v) is 2.20. The topological polar surface area (TPSA) is 37.9 Å². The zero-order chi connectivity index (χ0) is 10.8. The molecule has 0 bridgehead atoms. The fourth-order valence-electron chi connectivity index (χ4n) is 1.38. The van der Waals surface area contributed by atoms with E-state index in [1.54, 1.807) is 7.11 Å². The molecule has 1 N–H and O–H groups in total. The molecule has 0 spiro atoms. The van der Waals surface area contributed by atoms with Crippen LogP contribution >= 0.6 is 34.2 Å². The third kappa shape index (κ3) is 2.43. The molecule has 0 amide bonds. The van der Waals surface area contributed by atoms with Crippen LogP contribution < -0.4 is 0 Å². The number of hydrogen-bond acceptors (Lipinski definition) is 2. The van der Waals surface area contributed by atoms with Crippen molar-refractivity contribution in [2.24, 2.45) is 0 Å². The second-order valence-corrected chi connectivity index (χ2v) is 5.15. The number of methoxy groups -OCH3 is 1. The standard InChI is InChI=1S/C10H10ClIN2O/c1-15-5-7(12)10-13-8-3-2-6(11)4-9(8)14-10/h2-4,7H,5H2,1H3,(H,13,14)/t7-/m0/s1. The van der Waals surface area contributed by atoms with Gasteiger partial charge in [0.1, 0.15) is 5.82 Å². The summed E-state index contributed by atoms with van der Waals surface area (Å²) in [5.41, 5.74) is 1.91. The van der Waals surface area contributed by atoms with Gasteiger partial charge in [-0.1, -0.05) is 34.2 Å². The minimum Gasteiger partial charge on any atom is -0.383 e. The molecule has 0 unspecified atom stereocenters. The van der Waals surface area contributed by atoms with Crippen LogP contribution in [0.25, 0.3) is 11.0 Å². The lowest BCUT2D eigenvalue weighted by Crippen LogP contribution is -2.00. The number of halogens is 2. The van der Waals surface area contributed by atoms with Crippen molar-refractivity contribution >= 4 is 45.2 Å². The molecule has 0 radical (unpaired) electrons. The average molecular weight is 337 g/mol. The summed E-state index contributed by atoms with van der Waals surface area (Å²) in [4.78, 5) is 7.71. The lowest BCUT2D eigenvalue weighted by Gasteiger charge is -2.03. The molecule has 1 aromatic carbocycles. The van der Waals surface area contributed by atoms with Crippen LogP contribution in [0.2, 0.25) is 5.02 Å². The maximum atomic E-state index is 5.89. The predicted octanol–water partition coefficient (Wildman–Crippen LogP) is 3.34. The molecule has 0 aliphatic heterocycles. The molecule has 2 aromatic rings. The Bertz CT molecular complexity index is 471. The van der Waals surface area contributed by atoms with Crippen LogP contribution in [0.3, 0.4) is 0 Å². The number of nitrogens with one attached hydrogen (secondary N) is 1. The van der Waals surface area contributed by atoms with Crippen molar-refractivity contribution in [3.05, 3.63) is 29.0 Å². The first-order valence-electron chi connectivity index (χ1n) is 4.49. The van der Waals surface area contributed by atoms with Gasteiger partial charge in [0.15, 0.2) is 0 Å². The van der Waals surface area contributed by atoms with E-state index in [1.165, 1.54) is 0 Å². The fraction of sp³-hybridized carbons (Fsp3) is 0.300. The summed E-state index contributed by atoms with van der Waals surface area (Å²) in [7, 11) is 1.69. The maximum absolute atomic E-state index is 5.89. The van der Waals surface area contributed by atoms with Crippen LogP contribution in [-0.2, 0) is 4.74 Å². The maximum Gasteiger partial charge on any atom is 0.122 e. The highest BCUT2D eigenvalue weighted by molar-refractivity contribution is 14.1. The monoisotopic (exact) mass is 336 g/mol. The predicted molar refractivity (Wildman–Crippen MR) is 69.7 cm³/mol. The highest BCUT2D eigenvalue weighted by Gasteiger charge is 2.11. The van der Waals surface area contributed by atoms with E-state index in [9.17, 15) is 0 Å². The number of H-pyrrole nitrogens is 1. The Morgan fingerprint density at radius 3 is 3.13 bits per heavy atom. The van der Waals surface area contributed by atoms with Crippen LogP contribution in [0.4, 0.5) is 0 Å². The van der Waals surface area contributed by atoms with Gasteiger partial charge < -0.3 is 9.72 Å². The molecule has 0 fully saturated rings. The zero-order valence-corrected chi connectivity index (χ0v) is 11.0. The number of hydrogen-bond donors (Lipinski definition) is 1. The van der Waals surface area contributed by atoms with E-state index in [0.717, 1.165) is 21.9 Å². The molecule has 1 atom stereocenters. The summed E-state index contributed by atoms with van der Waals surface area (Å²) >= 11 is 8.19. The van der Waals surface area contributed by atoms with Gasteiger partial charge >= 0.3 is 0 Å². The van der Waals surface area contributed by atoms with E-state index in [4.69, 9.17) is 16.3 Å². The van der Waals surface area contributed by atoms with Gasteiger partial charge in [0.25, 0.3) is 0 Å². The second kappa shape index (κ2) is 4.67. The van der Waals surface area contributed by atoms with Crippen LogP contribution in [0.1, 0.15) is 9.75 Å². The van der Waals surface area contributed by atoms with Gasteiger partial charge in [-0.3, -0.25) is 0 Å². The zero-order valence-electron chi connectivity index (χ0n) is 8.13. The number of rotatable bonds is 3. The molecule has 0 saturated heterocycles. The lowest BCUT2D eigenvalue weighted by atomic mass is 10.3. The van der Waals surface area contributed by atoms with Gasteiger partial charge in [0.05, 0.1) is 21.6 Å². The van der Waals surface area contributed by atoms with Crippen LogP contribution in [0.5, 0.6) is 0 Å². The van der Waals surface area contributed by atoms with Crippen molar-refractivity contribution in [3.8, 4) is 0 Å². The Morgan fingerprint density at radius 1 is 1.60 bits per heavy atom. The molecule has 0 saturated carbocycles. The Balaban J connectivity index is 2.38. The minimum atomic E-state index is 0.235. The third-order valence-electron chi connectivity index (χ3n) is 2.07. The van der Waals surface area contributed by atoms with Crippen molar-refractivity contribution in [2.75, 3.05) is 13.7 Å². The molecule has 15 heavy (non-hydrogen) atoms. The van der Waals surface area contributed by atoms with E-state index in [2.05, 4.69) is 32.6 Å². The molecule has 2 rings (SSSR count). The summed E-state index contributed by atoms with van der Waals surface area (Å²) in [6, 6.07) is 5.63. The quantitative estimate of drug-likeness (QED) is 0.689. The van der Waals surface area contributed by atoms with Crippen LogP contribution in [0, 0.1) is 0 Å². The van der Waals surface area contributed by atoms with Crippen LogP contribution in [-0.4, -0.2) is 23.7 Å². The summed E-state index contributed by atoms with van der Waals surface area (Å²) < 4.78 is 5.32. The number of nitrogens with zero attached hydrogens (tertiary/aromatic N) is 1. The largest absolute Gasteiger partial charge is 0.383 e. The molecule has 0 aliphatic carbocycles. The number of imidazole rings is 1. The molecular formula is C10H10ClIN2O. The number of ether oxygens (including phenoxy) is 1. The lowest BCUT2D eigenvalue weighted by molar-refractivity contribution is 0.201. The van der Waals surface area contributed by atoms with Crippen molar-refractivity contribution in [3.63, 3.8) is 0 Å². The number of aromatic amines is 1. The van der Waals surface area contributed by atoms with E-state index < -0.39 is 0 Å². The molecule has 0 aliphatic rings. The molecule has 1 heterocycles. The average Bonchev–Trinajstić information content (AvgIpc) is 2.60. The molecular weight excluding hydrogens is 326 g/mol. The summed E-state index contributed by atoms with van der Waals surface area (Å²) in [6.45, 7) is 0.647. The highest BCUT2D eigenvalue weighted by Crippen LogP contribution is 2.24. The van der Waals surface area contributed by atoms with Gasteiger partial charge in [0, 0.05) is 12.1 Å². The first-order chi connectivity index (χ1) is 7.20. The molecule has 1 aromatic heterocycles. The molecule has 5 heteroatoms. The van der Waals surface area contributed by atoms with E-state index in [0.29, 0.717) is 6.61 Å². The number of aromatic nitrogens is 2. The van der Waals surface area contributed by atoms with Crippen LogP contribution in [0.15, 0.2) is 18.2 Å². The highest BCUT2D eigenvalue weighted by atomic mass is 127. The number of benzene rings is 1. The van der Waals surface area contributed by atoms with E-state index in [-0.39, 0.29) is 3.92 Å². The van der Waals surface area contributed by atoms with Crippen molar-refractivity contribution in [1.82, 2.24) is 9.97 Å². The Labute approximate surface area is 106 Å². The number of fused-ring (bicyclic) bond motifs is 1. The second-order valence-electron chi connectivity index (χ2n) is 3.21. The first-order valence-corrected chi connectivity index (χ1v) is 6.11. The number of alkyl halides is 1. The molecule has 80 valence electrons.